The average Bonchev–Trinajstić information content (AvgIpc) is 2.75. The molecule has 94 valence electrons. The van der Waals surface area contributed by atoms with E-state index in [0.717, 1.165) is 56.3 Å². The Morgan fingerprint density at radius 3 is 2.88 bits per heavy atom. The van der Waals surface area contributed by atoms with Gasteiger partial charge < -0.3 is 11.1 Å². The highest BCUT2D eigenvalue weighted by Crippen LogP contribution is 2.24. The van der Waals surface area contributed by atoms with Gasteiger partial charge in [-0.25, -0.2) is 0 Å². The summed E-state index contributed by atoms with van der Waals surface area (Å²) in [4.78, 5) is 0. The quantitative estimate of drug-likeness (QED) is 0.788. The Bertz CT molecular complexity index is 380. The lowest BCUT2D eigenvalue weighted by atomic mass is 9.94. The smallest absolute Gasteiger partial charge is 0.134 e. The number of nitrogens with zero attached hydrogens (tertiary/aromatic N) is 3. The number of fused-ring (bicyclic) bond motifs is 1. The molecule has 0 amide bonds. The molecule has 0 aromatic carbocycles. The fraction of sp³-hybridized carbons (Fsp3) is 0.833. The summed E-state index contributed by atoms with van der Waals surface area (Å²) in [6.07, 6.45) is 6.88. The van der Waals surface area contributed by atoms with Gasteiger partial charge in [0.2, 0.25) is 0 Å². The van der Waals surface area contributed by atoms with Gasteiger partial charge in [-0.2, -0.15) is 0 Å². The van der Waals surface area contributed by atoms with Gasteiger partial charge in [-0.15, -0.1) is 10.2 Å². The highest BCUT2D eigenvalue weighted by atomic mass is 15.3. The highest BCUT2D eigenvalue weighted by molar-refractivity contribution is 5.02. The summed E-state index contributed by atoms with van der Waals surface area (Å²) in [5.74, 6) is 2.95. The van der Waals surface area contributed by atoms with E-state index in [1.807, 2.05) is 0 Å². The predicted molar refractivity (Wildman–Crippen MR) is 65.5 cm³/mol. The zero-order chi connectivity index (χ0) is 11.7. The first-order chi connectivity index (χ1) is 8.34. The summed E-state index contributed by atoms with van der Waals surface area (Å²) in [5, 5.41) is 12.0. The predicted octanol–water partition coefficient (Wildman–Crippen LogP) is 0.614. The lowest BCUT2D eigenvalue weighted by Gasteiger charge is -2.25. The molecular weight excluding hydrogens is 214 g/mol. The zero-order valence-corrected chi connectivity index (χ0v) is 10.2. The molecule has 0 saturated carbocycles. The standard InChI is InChI=1S/C12H21N5/c13-10-2-1-3-11-15-16-12(17(10)11)8-9-4-6-14-7-5-9/h9-10,14H,1-8,13H2. The first-order valence-electron chi connectivity index (χ1n) is 6.73. The van der Waals surface area contributed by atoms with Crippen LogP contribution in [0.15, 0.2) is 0 Å². The van der Waals surface area contributed by atoms with Crippen LogP contribution in [0.2, 0.25) is 0 Å². The van der Waals surface area contributed by atoms with Crippen molar-refractivity contribution in [2.75, 3.05) is 13.1 Å². The number of piperidine rings is 1. The van der Waals surface area contributed by atoms with Crippen molar-refractivity contribution in [3.8, 4) is 0 Å². The molecule has 17 heavy (non-hydrogen) atoms. The molecule has 0 radical (unpaired) electrons. The van der Waals surface area contributed by atoms with E-state index in [9.17, 15) is 0 Å². The average molecular weight is 235 g/mol. The summed E-state index contributed by atoms with van der Waals surface area (Å²) in [5.41, 5.74) is 6.17. The third-order valence-electron chi connectivity index (χ3n) is 4.00. The molecule has 0 aliphatic carbocycles. The number of hydrogen-bond acceptors (Lipinski definition) is 4. The van der Waals surface area contributed by atoms with Crippen molar-refractivity contribution in [2.24, 2.45) is 11.7 Å². The van der Waals surface area contributed by atoms with E-state index in [-0.39, 0.29) is 6.17 Å². The van der Waals surface area contributed by atoms with Crippen molar-refractivity contribution in [3.05, 3.63) is 11.6 Å². The number of rotatable bonds is 2. The first-order valence-corrected chi connectivity index (χ1v) is 6.73. The Hall–Kier alpha value is -0.940. The van der Waals surface area contributed by atoms with E-state index in [1.165, 1.54) is 12.8 Å². The third kappa shape index (κ3) is 2.21. The largest absolute Gasteiger partial charge is 0.317 e. The maximum atomic E-state index is 6.17. The Balaban J connectivity index is 1.76. The van der Waals surface area contributed by atoms with Gasteiger partial charge in [0.1, 0.15) is 11.6 Å². The summed E-state index contributed by atoms with van der Waals surface area (Å²) in [7, 11) is 0. The van der Waals surface area contributed by atoms with Gasteiger partial charge in [0.05, 0.1) is 6.17 Å². The van der Waals surface area contributed by atoms with Gasteiger partial charge in [0.15, 0.2) is 0 Å². The van der Waals surface area contributed by atoms with Crippen LogP contribution in [0.5, 0.6) is 0 Å². The van der Waals surface area contributed by atoms with Crippen molar-refractivity contribution in [1.29, 1.82) is 0 Å². The molecular formula is C12H21N5. The van der Waals surface area contributed by atoms with Crippen LogP contribution in [0.25, 0.3) is 0 Å². The van der Waals surface area contributed by atoms with Crippen LogP contribution in [0.4, 0.5) is 0 Å². The number of aryl methyl sites for hydroxylation is 1. The summed E-state index contributed by atoms with van der Waals surface area (Å²) >= 11 is 0. The molecule has 2 aliphatic rings. The summed E-state index contributed by atoms with van der Waals surface area (Å²) in [6, 6.07) is 0. The molecule has 0 bridgehead atoms. The van der Waals surface area contributed by atoms with Crippen LogP contribution in [0.1, 0.15) is 43.5 Å². The maximum absolute atomic E-state index is 6.17. The second-order valence-electron chi connectivity index (χ2n) is 5.26. The number of nitrogens with one attached hydrogen (secondary N) is 1. The van der Waals surface area contributed by atoms with E-state index in [0.29, 0.717) is 0 Å². The zero-order valence-electron chi connectivity index (χ0n) is 10.2. The molecule has 5 nitrogen and oxygen atoms in total. The van der Waals surface area contributed by atoms with E-state index >= 15 is 0 Å². The van der Waals surface area contributed by atoms with Gasteiger partial charge >= 0.3 is 0 Å². The molecule has 0 spiro atoms. The van der Waals surface area contributed by atoms with E-state index in [4.69, 9.17) is 5.73 Å². The normalized spacial score (nSPS) is 25.8. The van der Waals surface area contributed by atoms with Gasteiger partial charge in [0.25, 0.3) is 0 Å². The molecule has 1 saturated heterocycles. The Labute approximate surface area is 102 Å². The van der Waals surface area contributed by atoms with Gasteiger partial charge in [0, 0.05) is 12.8 Å². The van der Waals surface area contributed by atoms with Crippen molar-refractivity contribution >= 4 is 0 Å². The Morgan fingerprint density at radius 2 is 2.06 bits per heavy atom. The molecule has 1 aromatic heterocycles. The molecule has 1 fully saturated rings. The second kappa shape index (κ2) is 4.74. The van der Waals surface area contributed by atoms with Crippen LogP contribution in [-0.4, -0.2) is 27.9 Å². The topological polar surface area (TPSA) is 68.8 Å². The number of aromatic nitrogens is 3. The van der Waals surface area contributed by atoms with Gasteiger partial charge in [-0.1, -0.05) is 0 Å². The first kappa shape index (κ1) is 11.2. The molecule has 5 heteroatoms. The van der Waals surface area contributed by atoms with Crippen LogP contribution < -0.4 is 11.1 Å². The van der Waals surface area contributed by atoms with E-state index < -0.39 is 0 Å². The Kier molecular flexibility index (Phi) is 3.11. The number of nitrogens with two attached hydrogens (primary N) is 1. The van der Waals surface area contributed by atoms with Crippen molar-refractivity contribution in [2.45, 2.75) is 44.7 Å². The fourth-order valence-electron chi connectivity index (χ4n) is 3.00. The van der Waals surface area contributed by atoms with E-state index in [1.54, 1.807) is 0 Å². The van der Waals surface area contributed by atoms with Crippen molar-refractivity contribution in [3.63, 3.8) is 0 Å². The van der Waals surface area contributed by atoms with Crippen LogP contribution >= 0.6 is 0 Å². The molecule has 3 rings (SSSR count). The van der Waals surface area contributed by atoms with Gasteiger partial charge in [-0.05, 0) is 44.7 Å². The van der Waals surface area contributed by atoms with Crippen molar-refractivity contribution < 1.29 is 0 Å². The van der Waals surface area contributed by atoms with Crippen molar-refractivity contribution in [1.82, 2.24) is 20.1 Å². The van der Waals surface area contributed by atoms with Crippen LogP contribution in [0, 0.1) is 5.92 Å². The molecule has 1 atom stereocenters. The maximum Gasteiger partial charge on any atom is 0.134 e. The van der Waals surface area contributed by atoms with Crippen LogP contribution in [-0.2, 0) is 12.8 Å². The van der Waals surface area contributed by atoms with E-state index in [2.05, 4.69) is 20.1 Å². The lowest BCUT2D eigenvalue weighted by Crippen LogP contribution is -2.31. The summed E-state index contributed by atoms with van der Waals surface area (Å²) in [6.45, 7) is 2.27. The minimum atomic E-state index is 0.102. The van der Waals surface area contributed by atoms with Crippen LogP contribution in [0.3, 0.4) is 0 Å². The molecule has 1 aromatic rings. The lowest BCUT2D eigenvalue weighted by molar-refractivity contribution is 0.345. The molecule has 2 aliphatic heterocycles. The second-order valence-corrected chi connectivity index (χ2v) is 5.26. The molecule has 1 unspecified atom stereocenters. The SMILES string of the molecule is NC1CCCc2nnc(CC3CCNCC3)n21. The third-order valence-corrected chi connectivity index (χ3v) is 4.00. The highest BCUT2D eigenvalue weighted by Gasteiger charge is 2.24. The Morgan fingerprint density at radius 1 is 1.24 bits per heavy atom. The number of hydrogen-bond donors (Lipinski definition) is 2. The fourth-order valence-corrected chi connectivity index (χ4v) is 3.00. The molecule has 3 heterocycles. The monoisotopic (exact) mass is 235 g/mol. The molecule has 3 N–H and O–H groups in total. The minimum Gasteiger partial charge on any atom is -0.317 e. The minimum absolute atomic E-state index is 0.102. The summed E-state index contributed by atoms with van der Waals surface area (Å²) < 4.78 is 2.19. The van der Waals surface area contributed by atoms with Gasteiger partial charge in [-0.3, -0.25) is 4.57 Å².